The minimum atomic E-state index is 0.249. The summed E-state index contributed by atoms with van der Waals surface area (Å²) in [7, 11) is 0. The van der Waals surface area contributed by atoms with Crippen LogP contribution in [0.25, 0.3) is 0 Å². The Labute approximate surface area is 113 Å². The molecule has 0 aromatic heterocycles. The molecule has 0 amide bonds. The van der Waals surface area contributed by atoms with Gasteiger partial charge in [-0.3, -0.25) is 0 Å². The van der Waals surface area contributed by atoms with Crippen LogP contribution in [0.4, 0.5) is 0 Å². The summed E-state index contributed by atoms with van der Waals surface area (Å²) in [5.41, 5.74) is 0.569. The molecule has 0 aromatic rings. The van der Waals surface area contributed by atoms with Crippen molar-refractivity contribution in [2.45, 2.75) is 77.4 Å². The van der Waals surface area contributed by atoms with Crippen molar-refractivity contribution in [3.05, 3.63) is 0 Å². The minimum absolute atomic E-state index is 0.249. The third-order valence-corrected chi connectivity index (χ3v) is 4.58. The Morgan fingerprint density at radius 2 is 2.06 bits per heavy atom. The van der Waals surface area contributed by atoms with Crippen LogP contribution in [0.15, 0.2) is 0 Å². The molecule has 1 heterocycles. The summed E-state index contributed by atoms with van der Waals surface area (Å²) in [6, 6.07) is 0. The monoisotopic (exact) mass is 253 g/mol. The average Bonchev–Trinajstić information content (AvgIpc) is 2.24. The van der Waals surface area contributed by atoms with Crippen molar-refractivity contribution in [2.24, 2.45) is 11.8 Å². The average molecular weight is 253 g/mol. The van der Waals surface area contributed by atoms with Crippen molar-refractivity contribution in [3.63, 3.8) is 0 Å². The van der Waals surface area contributed by atoms with Gasteiger partial charge in [0.05, 0.1) is 5.60 Å². The number of hydrogen-bond donors (Lipinski definition) is 1. The second-order valence-electron chi connectivity index (χ2n) is 7.72. The lowest BCUT2D eigenvalue weighted by Crippen LogP contribution is -2.46. The molecule has 2 atom stereocenters. The Bertz CT molecular complexity index is 265. The van der Waals surface area contributed by atoms with Crippen molar-refractivity contribution in [1.82, 2.24) is 5.32 Å². The highest BCUT2D eigenvalue weighted by Gasteiger charge is 2.42. The largest absolute Gasteiger partial charge is 0.375 e. The van der Waals surface area contributed by atoms with E-state index in [1.165, 1.54) is 38.5 Å². The van der Waals surface area contributed by atoms with Crippen molar-refractivity contribution in [3.8, 4) is 0 Å². The van der Waals surface area contributed by atoms with Crippen LogP contribution in [-0.4, -0.2) is 24.3 Å². The zero-order valence-electron chi connectivity index (χ0n) is 12.7. The summed E-state index contributed by atoms with van der Waals surface area (Å²) < 4.78 is 6.01. The van der Waals surface area contributed by atoms with E-state index < -0.39 is 0 Å². The van der Waals surface area contributed by atoms with Gasteiger partial charge >= 0.3 is 0 Å². The van der Waals surface area contributed by atoms with E-state index in [0.717, 1.165) is 25.0 Å². The van der Waals surface area contributed by atoms with Gasteiger partial charge in [0.2, 0.25) is 0 Å². The first-order valence-corrected chi connectivity index (χ1v) is 7.78. The number of ether oxygens (including phenoxy) is 1. The quantitative estimate of drug-likeness (QED) is 0.824. The minimum Gasteiger partial charge on any atom is -0.375 e. The lowest BCUT2D eigenvalue weighted by atomic mass is 9.70. The molecular formula is C16H31NO. The fourth-order valence-electron chi connectivity index (χ4n) is 3.38. The SMILES string of the molecule is CC(CNC(C)(C)C)CC1CCOC2(CCC2)C1. The summed E-state index contributed by atoms with van der Waals surface area (Å²) in [6.07, 6.45) is 7.99. The molecule has 0 radical (unpaired) electrons. The van der Waals surface area contributed by atoms with Crippen LogP contribution in [0, 0.1) is 11.8 Å². The predicted molar refractivity (Wildman–Crippen MR) is 76.8 cm³/mol. The van der Waals surface area contributed by atoms with Crippen LogP contribution in [0.2, 0.25) is 0 Å². The molecule has 2 nitrogen and oxygen atoms in total. The molecule has 0 bridgehead atoms. The molecule has 1 aliphatic carbocycles. The summed E-state index contributed by atoms with van der Waals surface area (Å²) in [6.45, 7) is 11.3. The highest BCUT2D eigenvalue weighted by atomic mass is 16.5. The number of rotatable bonds is 4. The van der Waals surface area contributed by atoms with Gasteiger partial charge < -0.3 is 10.1 Å². The normalized spacial score (nSPS) is 29.0. The van der Waals surface area contributed by atoms with E-state index in [9.17, 15) is 0 Å². The molecule has 2 heteroatoms. The zero-order chi connectivity index (χ0) is 13.2. The van der Waals surface area contributed by atoms with E-state index in [0.29, 0.717) is 5.60 Å². The van der Waals surface area contributed by atoms with Gasteiger partial charge in [-0.05, 0) is 77.7 Å². The zero-order valence-corrected chi connectivity index (χ0v) is 12.7. The van der Waals surface area contributed by atoms with E-state index in [1.807, 2.05) is 0 Å². The first kappa shape index (κ1) is 14.3. The third kappa shape index (κ3) is 3.96. The fraction of sp³-hybridized carbons (Fsp3) is 1.00. The van der Waals surface area contributed by atoms with Crippen LogP contribution < -0.4 is 5.32 Å². The highest BCUT2D eigenvalue weighted by Crippen LogP contribution is 2.45. The van der Waals surface area contributed by atoms with Crippen molar-refractivity contribution < 1.29 is 4.74 Å². The Balaban J connectivity index is 1.71. The summed E-state index contributed by atoms with van der Waals surface area (Å²) in [5.74, 6) is 1.68. The molecule has 2 rings (SSSR count). The third-order valence-electron chi connectivity index (χ3n) is 4.58. The predicted octanol–water partition coefficient (Wildman–Crippen LogP) is 3.75. The van der Waals surface area contributed by atoms with Gasteiger partial charge in [0.1, 0.15) is 0 Å². The highest BCUT2D eigenvalue weighted by molar-refractivity contribution is 4.94. The van der Waals surface area contributed by atoms with E-state index in [-0.39, 0.29) is 5.54 Å². The Morgan fingerprint density at radius 3 is 2.61 bits per heavy atom. The maximum atomic E-state index is 6.01. The second kappa shape index (κ2) is 5.50. The molecule has 1 saturated carbocycles. The van der Waals surface area contributed by atoms with E-state index >= 15 is 0 Å². The van der Waals surface area contributed by atoms with Crippen LogP contribution >= 0.6 is 0 Å². The molecule has 2 fully saturated rings. The Hall–Kier alpha value is -0.0800. The molecule has 0 aromatic carbocycles. The molecule has 106 valence electrons. The van der Waals surface area contributed by atoms with Crippen molar-refractivity contribution >= 4 is 0 Å². The standard InChI is InChI=1S/C16H31NO/c1-13(12-17-15(2,3)4)10-14-6-9-18-16(11-14)7-5-8-16/h13-14,17H,5-12H2,1-4H3. The van der Waals surface area contributed by atoms with Gasteiger partial charge in [-0.1, -0.05) is 6.92 Å². The van der Waals surface area contributed by atoms with E-state index in [1.54, 1.807) is 0 Å². The Kier molecular flexibility index (Phi) is 4.38. The van der Waals surface area contributed by atoms with E-state index in [2.05, 4.69) is 33.0 Å². The van der Waals surface area contributed by atoms with E-state index in [4.69, 9.17) is 4.74 Å². The van der Waals surface area contributed by atoms with Crippen LogP contribution in [0.5, 0.6) is 0 Å². The van der Waals surface area contributed by atoms with Gasteiger partial charge in [0, 0.05) is 12.1 Å². The van der Waals surface area contributed by atoms with Crippen LogP contribution in [0.1, 0.15) is 66.2 Å². The molecule has 2 unspecified atom stereocenters. The maximum absolute atomic E-state index is 6.01. The molecule has 2 aliphatic rings. The van der Waals surface area contributed by atoms with Crippen LogP contribution in [0.3, 0.4) is 0 Å². The van der Waals surface area contributed by atoms with Gasteiger partial charge in [0.25, 0.3) is 0 Å². The number of hydrogen-bond acceptors (Lipinski definition) is 2. The maximum Gasteiger partial charge on any atom is 0.0685 e. The van der Waals surface area contributed by atoms with Crippen LogP contribution in [-0.2, 0) is 4.74 Å². The van der Waals surface area contributed by atoms with Crippen molar-refractivity contribution in [1.29, 1.82) is 0 Å². The molecule has 1 spiro atoms. The lowest BCUT2D eigenvalue weighted by Gasteiger charge is -2.47. The Morgan fingerprint density at radius 1 is 1.33 bits per heavy atom. The lowest BCUT2D eigenvalue weighted by molar-refractivity contribution is -0.145. The summed E-state index contributed by atoms with van der Waals surface area (Å²) in [4.78, 5) is 0. The molecule has 1 N–H and O–H groups in total. The molecule has 18 heavy (non-hydrogen) atoms. The summed E-state index contributed by atoms with van der Waals surface area (Å²) in [5, 5.41) is 3.63. The van der Waals surface area contributed by atoms with Gasteiger partial charge in [-0.15, -0.1) is 0 Å². The van der Waals surface area contributed by atoms with Gasteiger partial charge in [-0.25, -0.2) is 0 Å². The number of nitrogens with one attached hydrogen (secondary N) is 1. The second-order valence-corrected chi connectivity index (χ2v) is 7.72. The first-order chi connectivity index (χ1) is 8.39. The molecular weight excluding hydrogens is 222 g/mol. The fourth-order valence-corrected chi connectivity index (χ4v) is 3.38. The summed E-state index contributed by atoms with van der Waals surface area (Å²) >= 11 is 0. The van der Waals surface area contributed by atoms with Crippen molar-refractivity contribution in [2.75, 3.05) is 13.2 Å². The smallest absolute Gasteiger partial charge is 0.0685 e. The van der Waals surface area contributed by atoms with Gasteiger partial charge in [-0.2, -0.15) is 0 Å². The molecule has 1 aliphatic heterocycles. The first-order valence-electron chi connectivity index (χ1n) is 7.78. The van der Waals surface area contributed by atoms with Gasteiger partial charge in [0.15, 0.2) is 0 Å². The molecule has 1 saturated heterocycles. The topological polar surface area (TPSA) is 21.3 Å².